The summed E-state index contributed by atoms with van der Waals surface area (Å²) in [7, 11) is 0. The maximum absolute atomic E-state index is 11.9. The van der Waals surface area contributed by atoms with Crippen molar-refractivity contribution in [1.29, 1.82) is 0 Å². The molecule has 2 amide bonds. The Morgan fingerprint density at radius 2 is 2.17 bits per heavy atom. The minimum Gasteiger partial charge on any atom is -0.446 e. The predicted molar refractivity (Wildman–Crippen MR) is 65.2 cm³/mol. The maximum Gasteiger partial charge on any atom is 0.287 e. The number of rotatable bonds is 3. The zero-order valence-electron chi connectivity index (χ0n) is 10.2. The van der Waals surface area contributed by atoms with E-state index in [1.807, 2.05) is 0 Å². The molecule has 0 saturated carbocycles. The summed E-state index contributed by atoms with van der Waals surface area (Å²) in [6.45, 7) is 2.97. The molecule has 0 radical (unpaired) electrons. The van der Waals surface area contributed by atoms with Gasteiger partial charge in [0.1, 0.15) is 0 Å². The van der Waals surface area contributed by atoms with E-state index in [4.69, 9.17) is 10.2 Å². The van der Waals surface area contributed by atoms with Gasteiger partial charge < -0.3 is 20.8 Å². The Morgan fingerprint density at radius 3 is 2.78 bits per heavy atom. The summed E-state index contributed by atoms with van der Waals surface area (Å²) in [5, 5.41) is 6.20. The van der Waals surface area contributed by atoms with Crippen LogP contribution in [-0.4, -0.2) is 30.4 Å². The van der Waals surface area contributed by atoms with Crippen molar-refractivity contribution in [2.24, 2.45) is 5.73 Å². The van der Waals surface area contributed by atoms with Gasteiger partial charge in [-0.3, -0.25) is 9.59 Å². The van der Waals surface area contributed by atoms with Crippen molar-refractivity contribution in [3.8, 4) is 0 Å². The highest BCUT2D eigenvalue weighted by Crippen LogP contribution is 2.11. The Morgan fingerprint density at radius 1 is 1.44 bits per heavy atom. The van der Waals surface area contributed by atoms with Gasteiger partial charge in [0, 0.05) is 12.1 Å². The number of amides is 2. The highest BCUT2D eigenvalue weighted by molar-refractivity contribution is 5.95. The van der Waals surface area contributed by atoms with Gasteiger partial charge in [0.2, 0.25) is 0 Å². The topological polar surface area (TPSA) is 97.4 Å². The van der Waals surface area contributed by atoms with Crippen molar-refractivity contribution in [1.82, 2.24) is 10.6 Å². The Hall–Kier alpha value is -1.82. The molecule has 6 heteroatoms. The molecule has 1 aliphatic heterocycles. The van der Waals surface area contributed by atoms with E-state index < -0.39 is 5.91 Å². The molecule has 4 N–H and O–H groups in total. The van der Waals surface area contributed by atoms with E-state index in [0.717, 1.165) is 19.4 Å². The summed E-state index contributed by atoms with van der Waals surface area (Å²) in [5.74, 6) is -0.861. The van der Waals surface area contributed by atoms with Gasteiger partial charge in [-0.05, 0) is 38.4 Å². The third-order valence-electron chi connectivity index (χ3n) is 3.03. The highest BCUT2D eigenvalue weighted by atomic mass is 16.4. The first-order valence-electron chi connectivity index (χ1n) is 6.00. The van der Waals surface area contributed by atoms with Crippen LogP contribution in [0.5, 0.6) is 0 Å². The lowest BCUT2D eigenvalue weighted by Gasteiger charge is -2.28. The highest BCUT2D eigenvalue weighted by Gasteiger charge is 2.22. The summed E-state index contributed by atoms with van der Waals surface area (Å²) in [4.78, 5) is 22.7. The summed E-state index contributed by atoms with van der Waals surface area (Å²) in [5.41, 5.74) is 5.06. The van der Waals surface area contributed by atoms with Gasteiger partial charge in [-0.2, -0.15) is 0 Å². The standard InChI is InChI=1S/C12H17N3O3/c1-7-6-8(4-5-14-7)15-12(17)10-3-2-9(18-10)11(13)16/h2-3,7-8,14H,4-6H2,1H3,(H2,13,16)(H,15,17). The van der Waals surface area contributed by atoms with Crippen LogP contribution in [0.3, 0.4) is 0 Å². The van der Waals surface area contributed by atoms with E-state index in [1.54, 1.807) is 0 Å². The van der Waals surface area contributed by atoms with Crippen molar-refractivity contribution >= 4 is 11.8 Å². The van der Waals surface area contributed by atoms with Crippen molar-refractivity contribution in [2.75, 3.05) is 6.54 Å². The van der Waals surface area contributed by atoms with Gasteiger partial charge in [-0.25, -0.2) is 0 Å². The monoisotopic (exact) mass is 251 g/mol. The summed E-state index contributed by atoms with van der Waals surface area (Å²) < 4.78 is 5.07. The molecule has 1 fully saturated rings. The van der Waals surface area contributed by atoms with Crippen LogP contribution in [0, 0.1) is 0 Å². The summed E-state index contributed by atoms with van der Waals surface area (Å²) >= 11 is 0. The molecule has 1 aromatic rings. The molecule has 2 rings (SSSR count). The molecule has 0 spiro atoms. The Balaban J connectivity index is 1.96. The lowest BCUT2D eigenvalue weighted by Crippen LogP contribution is -2.46. The molecule has 18 heavy (non-hydrogen) atoms. The molecule has 0 aliphatic carbocycles. The maximum atomic E-state index is 11.9. The van der Waals surface area contributed by atoms with Gasteiger partial charge in [0.05, 0.1) is 0 Å². The van der Waals surface area contributed by atoms with Gasteiger partial charge in [0.25, 0.3) is 11.8 Å². The van der Waals surface area contributed by atoms with Crippen LogP contribution in [0.25, 0.3) is 0 Å². The second-order valence-electron chi connectivity index (χ2n) is 4.58. The van der Waals surface area contributed by atoms with Gasteiger partial charge in [-0.15, -0.1) is 0 Å². The van der Waals surface area contributed by atoms with E-state index in [2.05, 4.69) is 17.6 Å². The molecule has 0 bridgehead atoms. The molecular weight excluding hydrogens is 234 g/mol. The van der Waals surface area contributed by atoms with Crippen LogP contribution >= 0.6 is 0 Å². The largest absolute Gasteiger partial charge is 0.446 e. The average Bonchev–Trinajstić information content (AvgIpc) is 2.78. The van der Waals surface area contributed by atoms with Crippen LogP contribution in [0.1, 0.15) is 40.9 Å². The minimum atomic E-state index is -0.676. The molecule has 2 heterocycles. The average molecular weight is 251 g/mol. The molecular formula is C12H17N3O3. The van der Waals surface area contributed by atoms with Crippen molar-refractivity contribution in [3.05, 3.63) is 23.7 Å². The third-order valence-corrected chi connectivity index (χ3v) is 3.03. The zero-order chi connectivity index (χ0) is 13.1. The first kappa shape index (κ1) is 12.6. The smallest absolute Gasteiger partial charge is 0.287 e. The molecule has 0 aromatic carbocycles. The number of primary amides is 1. The lowest BCUT2D eigenvalue weighted by atomic mass is 10.0. The molecule has 2 atom stereocenters. The second-order valence-corrected chi connectivity index (χ2v) is 4.58. The molecule has 2 unspecified atom stereocenters. The number of furan rings is 1. The Bertz CT molecular complexity index is 455. The minimum absolute atomic E-state index is 0.00108. The number of piperidine rings is 1. The van der Waals surface area contributed by atoms with E-state index in [1.165, 1.54) is 12.1 Å². The summed E-state index contributed by atoms with van der Waals surface area (Å²) in [6, 6.07) is 3.39. The molecule has 98 valence electrons. The second kappa shape index (κ2) is 5.22. The van der Waals surface area contributed by atoms with Gasteiger partial charge >= 0.3 is 0 Å². The van der Waals surface area contributed by atoms with Crippen LogP contribution in [0.2, 0.25) is 0 Å². The SMILES string of the molecule is CC1CC(NC(=O)c2ccc(C(N)=O)o2)CCN1. The normalized spacial score (nSPS) is 23.6. The third kappa shape index (κ3) is 2.89. The number of hydrogen-bond acceptors (Lipinski definition) is 4. The predicted octanol–water partition coefficient (Wildman–Crippen LogP) is 0.249. The fraction of sp³-hybridized carbons (Fsp3) is 0.500. The van der Waals surface area contributed by atoms with Gasteiger partial charge in [-0.1, -0.05) is 0 Å². The lowest BCUT2D eigenvalue weighted by molar-refractivity contribution is 0.0890. The van der Waals surface area contributed by atoms with Gasteiger partial charge in [0.15, 0.2) is 11.5 Å². The molecule has 6 nitrogen and oxygen atoms in total. The van der Waals surface area contributed by atoms with Crippen LogP contribution in [-0.2, 0) is 0 Å². The number of carbonyl (C=O) groups is 2. The first-order chi connectivity index (χ1) is 8.56. The zero-order valence-corrected chi connectivity index (χ0v) is 10.2. The molecule has 1 aliphatic rings. The number of nitrogens with one attached hydrogen (secondary N) is 2. The van der Waals surface area contributed by atoms with Crippen molar-refractivity contribution in [3.63, 3.8) is 0 Å². The molecule has 1 saturated heterocycles. The number of nitrogens with two attached hydrogens (primary N) is 1. The van der Waals surface area contributed by atoms with Crippen LogP contribution in [0.4, 0.5) is 0 Å². The Labute approximate surface area is 105 Å². The van der Waals surface area contributed by atoms with Crippen LogP contribution in [0.15, 0.2) is 16.5 Å². The number of carbonyl (C=O) groups excluding carboxylic acids is 2. The Kier molecular flexibility index (Phi) is 3.66. The van der Waals surface area contributed by atoms with E-state index >= 15 is 0 Å². The fourth-order valence-corrected chi connectivity index (χ4v) is 2.11. The van der Waals surface area contributed by atoms with E-state index in [9.17, 15) is 9.59 Å². The van der Waals surface area contributed by atoms with E-state index in [-0.39, 0.29) is 23.5 Å². The first-order valence-corrected chi connectivity index (χ1v) is 6.00. The molecule has 1 aromatic heterocycles. The fourth-order valence-electron chi connectivity index (χ4n) is 2.11. The summed E-state index contributed by atoms with van der Waals surface area (Å²) in [6.07, 6.45) is 1.77. The van der Waals surface area contributed by atoms with Crippen LogP contribution < -0.4 is 16.4 Å². The van der Waals surface area contributed by atoms with Crippen molar-refractivity contribution < 1.29 is 14.0 Å². The van der Waals surface area contributed by atoms with E-state index in [0.29, 0.717) is 6.04 Å². The quantitative estimate of drug-likeness (QED) is 0.717. The number of hydrogen-bond donors (Lipinski definition) is 3. The van der Waals surface area contributed by atoms with Crippen molar-refractivity contribution in [2.45, 2.75) is 31.8 Å².